The third-order valence-electron chi connectivity index (χ3n) is 4.19. The average molecular weight is 368 g/mol. The van der Waals surface area contributed by atoms with Crippen LogP contribution in [0.15, 0.2) is 22.7 Å². The maximum absolute atomic E-state index is 12.1. The third-order valence-corrected chi connectivity index (χ3v) is 4.68. The van der Waals surface area contributed by atoms with Crippen LogP contribution in [-0.4, -0.2) is 35.3 Å². The van der Waals surface area contributed by atoms with Crippen LogP contribution in [0.3, 0.4) is 0 Å². The summed E-state index contributed by atoms with van der Waals surface area (Å²) in [7, 11) is 0. The molecule has 0 radical (unpaired) electrons. The summed E-state index contributed by atoms with van der Waals surface area (Å²) in [4.78, 5) is 13.9. The van der Waals surface area contributed by atoms with E-state index in [1.165, 1.54) is 5.56 Å². The summed E-state index contributed by atoms with van der Waals surface area (Å²) in [6.45, 7) is 7.05. The Morgan fingerprint density at radius 3 is 2.64 bits per heavy atom. The van der Waals surface area contributed by atoms with Crippen molar-refractivity contribution in [3.05, 3.63) is 28.2 Å². The second kappa shape index (κ2) is 5.44. The number of piperidine rings is 1. The average Bonchev–Trinajstić information content (AvgIpc) is 2.74. The molecule has 120 valence electrons. The lowest BCUT2D eigenvalue weighted by Gasteiger charge is -2.39. The van der Waals surface area contributed by atoms with Crippen LogP contribution >= 0.6 is 15.9 Å². The van der Waals surface area contributed by atoms with Gasteiger partial charge in [-0.05, 0) is 44.5 Å². The highest BCUT2D eigenvalue weighted by molar-refractivity contribution is 9.10. The Balaban J connectivity index is 1.62. The Kier molecular flexibility index (Phi) is 3.87. The quantitative estimate of drug-likeness (QED) is 0.691. The molecule has 0 aromatic heterocycles. The third kappa shape index (κ3) is 3.24. The van der Waals surface area contributed by atoms with Gasteiger partial charge in [0.25, 0.3) is 0 Å². The van der Waals surface area contributed by atoms with E-state index in [1.54, 1.807) is 4.90 Å². The normalized spacial score (nSPS) is 19.7. The number of hydrogen-bond acceptors (Lipinski definition) is 3. The van der Waals surface area contributed by atoms with E-state index in [9.17, 15) is 4.79 Å². The van der Waals surface area contributed by atoms with Crippen LogP contribution in [0, 0.1) is 0 Å². The van der Waals surface area contributed by atoms with Gasteiger partial charge in [0.2, 0.25) is 0 Å². The van der Waals surface area contributed by atoms with Gasteiger partial charge in [0.05, 0.1) is 0 Å². The summed E-state index contributed by atoms with van der Waals surface area (Å²) >= 11 is 3.51. The Hall–Kier alpha value is -1.23. The van der Waals surface area contributed by atoms with Crippen LogP contribution in [-0.2, 0) is 11.2 Å². The molecule has 4 nitrogen and oxygen atoms in total. The van der Waals surface area contributed by atoms with Crippen molar-refractivity contribution in [3.63, 3.8) is 0 Å². The van der Waals surface area contributed by atoms with Crippen LogP contribution < -0.4 is 4.74 Å². The number of nitrogens with zero attached hydrogens (tertiary/aromatic N) is 1. The molecule has 0 saturated carbocycles. The van der Waals surface area contributed by atoms with E-state index in [0.717, 1.165) is 29.5 Å². The van der Waals surface area contributed by atoms with E-state index in [1.807, 2.05) is 32.9 Å². The molecule has 0 unspecified atom stereocenters. The highest BCUT2D eigenvalue weighted by atomic mass is 79.9. The molecule has 3 rings (SSSR count). The minimum absolute atomic E-state index is 0.151. The first-order valence-electron chi connectivity index (χ1n) is 7.72. The summed E-state index contributed by atoms with van der Waals surface area (Å²) in [6, 6.07) is 6.16. The number of fused-ring (bicyclic) bond motifs is 1. The van der Waals surface area contributed by atoms with E-state index < -0.39 is 5.60 Å². The SMILES string of the molecule is CC(C)(C)OC(=O)N1CCC2(CC1)Cc1cc(Br)ccc1O2. The van der Waals surface area contributed by atoms with Crippen molar-refractivity contribution in [2.45, 2.75) is 51.2 Å². The molecule has 0 aliphatic carbocycles. The molecule has 1 saturated heterocycles. The highest BCUT2D eigenvalue weighted by Crippen LogP contribution is 2.42. The number of likely N-dealkylation sites (tertiary alicyclic amines) is 1. The van der Waals surface area contributed by atoms with Crippen molar-refractivity contribution >= 4 is 22.0 Å². The zero-order chi connectivity index (χ0) is 16.0. The Morgan fingerprint density at radius 2 is 2.00 bits per heavy atom. The van der Waals surface area contributed by atoms with Gasteiger partial charge < -0.3 is 14.4 Å². The van der Waals surface area contributed by atoms with Crippen LogP contribution in [0.1, 0.15) is 39.2 Å². The van der Waals surface area contributed by atoms with Gasteiger partial charge in [-0.25, -0.2) is 4.79 Å². The van der Waals surface area contributed by atoms with Gasteiger partial charge in [0.1, 0.15) is 17.0 Å². The molecule has 0 atom stereocenters. The lowest BCUT2D eigenvalue weighted by atomic mass is 9.87. The van der Waals surface area contributed by atoms with Crippen molar-refractivity contribution in [2.24, 2.45) is 0 Å². The number of rotatable bonds is 0. The largest absolute Gasteiger partial charge is 0.487 e. The van der Waals surface area contributed by atoms with Gasteiger partial charge in [-0.2, -0.15) is 0 Å². The summed E-state index contributed by atoms with van der Waals surface area (Å²) in [5.41, 5.74) is 0.653. The predicted molar refractivity (Wildman–Crippen MR) is 88.2 cm³/mol. The van der Waals surface area contributed by atoms with E-state index in [0.29, 0.717) is 13.1 Å². The van der Waals surface area contributed by atoms with E-state index >= 15 is 0 Å². The molecular formula is C17H22BrNO3. The minimum Gasteiger partial charge on any atom is -0.487 e. The van der Waals surface area contributed by atoms with Gasteiger partial charge in [0, 0.05) is 36.8 Å². The van der Waals surface area contributed by atoms with Crippen LogP contribution in [0.5, 0.6) is 5.75 Å². The smallest absolute Gasteiger partial charge is 0.410 e. The summed E-state index contributed by atoms with van der Waals surface area (Å²) in [5, 5.41) is 0. The molecule has 1 aromatic rings. The fraction of sp³-hybridized carbons (Fsp3) is 0.588. The number of amides is 1. The minimum atomic E-state index is -0.446. The number of benzene rings is 1. The van der Waals surface area contributed by atoms with E-state index in [2.05, 4.69) is 22.0 Å². The van der Waals surface area contributed by atoms with Crippen LogP contribution in [0.4, 0.5) is 4.79 Å². The first-order chi connectivity index (χ1) is 10.3. The number of ether oxygens (including phenoxy) is 2. The number of hydrogen-bond donors (Lipinski definition) is 0. The Bertz CT molecular complexity index is 586. The number of carbonyl (C=O) groups excluding carboxylic acids is 1. The topological polar surface area (TPSA) is 38.8 Å². The molecular weight excluding hydrogens is 346 g/mol. The molecule has 22 heavy (non-hydrogen) atoms. The Morgan fingerprint density at radius 1 is 1.32 bits per heavy atom. The fourth-order valence-electron chi connectivity index (χ4n) is 3.10. The first kappa shape index (κ1) is 15.7. The molecule has 2 aliphatic rings. The molecule has 1 aromatic carbocycles. The number of carbonyl (C=O) groups is 1. The zero-order valence-electron chi connectivity index (χ0n) is 13.3. The monoisotopic (exact) mass is 367 g/mol. The summed E-state index contributed by atoms with van der Waals surface area (Å²) < 4.78 is 12.7. The lowest BCUT2D eigenvalue weighted by Crippen LogP contribution is -2.50. The molecule has 2 heterocycles. The van der Waals surface area contributed by atoms with Crippen molar-refractivity contribution in [2.75, 3.05) is 13.1 Å². The molecule has 0 bridgehead atoms. The predicted octanol–water partition coefficient (Wildman–Crippen LogP) is 4.15. The van der Waals surface area contributed by atoms with Crippen molar-refractivity contribution in [3.8, 4) is 5.75 Å². The highest BCUT2D eigenvalue weighted by Gasteiger charge is 2.43. The molecule has 5 heteroatoms. The molecule has 1 amide bonds. The second-order valence-corrected chi connectivity index (χ2v) is 8.10. The standard InChI is InChI=1S/C17H22BrNO3/c1-16(2,3)22-15(20)19-8-6-17(7-9-19)11-12-10-13(18)4-5-14(12)21-17/h4-5,10H,6-9,11H2,1-3H3. The van der Waals surface area contributed by atoms with E-state index in [4.69, 9.17) is 9.47 Å². The summed E-state index contributed by atoms with van der Waals surface area (Å²) in [6.07, 6.45) is 2.39. The van der Waals surface area contributed by atoms with Gasteiger partial charge in [-0.3, -0.25) is 0 Å². The van der Waals surface area contributed by atoms with Crippen molar-refractivity contribution < 1.29 is 14.3 Å². The zero-order valence-corrected chi connectivity index (χ0v) is 14.9. The first-order valence-corrected chi connectivity index (χ1v) is 8.51. The lowest BCUT2D eigenvalue weighted by molar-refractivity contribution is -0.00887. The van der Waals surface area contributed by atoms with Gasteiger partial charge in [-0.15, -0.1) is 0 Å². The van der Waals surface area contributed by atoms with Gasteiger partial charge in [0.15, 0.2) is 0 Å². The van der Waals surface area contributed by atoms with Gasteiger partial charge in [-0.1, -0.05) is 15.9 Å². The van der Waals surface area contributed by atoms with E-state index in [-0.39, 0.29) is 11.7 Å². The summed E-state index contributed by atoms with van der Waals surface area (Å²) in [5.74, 6) is 0.980. The molecule has 2 aliphatic heterocycles. The van der Waals surface area contributed by atoms with Crippen LogP contribution in [0.2, 0.25) is 0 Å². The van der Waals surface area contributed by atoms with Crippen molar-refractivity contribution in [1.82, 2.24) is 4.90 Å². The van der Waals surface area contributed by atoms with Crippen molar-refractivity contribution in [1.29, 1.82) is 0 Å². The van der Waals surface area contributed by atoms with Gasteiger partial charge >= 0.3 is 6.09 Å². The van der Waals surface area contributed by atoms with Crippen LogP contribution in [0.25, 0.3) is 0 Å². The number of halogens is 1. The fourth-order valence-corrected chi connectivity index (χ4v) is 3.51. The molecule has 1 fully saturated rings. The maximum atomic E-state index is 12.1. The maximum Gasteiger partial charge on any atom is 0.410 e. The molecule has 0 N–H and O–H groups in total. The molecule has 1 spiro atoms. The second-order valence-electron chi connectivity index (χ2n) is 7.18. The Labute approximate surface area is 139 Å².